The van der Waals surface area contributed by atoms with Crippen LogP contribution in [0, 0.1) is 5.92 Å². The van der Waals surface area contributed by atoms with E-state index >= 15 is 0 Å². The summed E-state index contributed by atoms with van der Waals surface area (Å²) in [6, 6.07) is 1.77. The third kappa shape index (κ3) is 2.12. The fourth-order valence-corrected chi connectivity index (χ4v) is 2.43. The van der Waals surface area contributed by atoms with Crippen LogP contribution in [-0.4, -0.2) is 41.4 Å². The highest BCUT2D eigenvalue weighted by molar-refractivity contribution is 5.20. The first kappa shape index (κ1) is 10.9. The third-order valence-corrected chi connectivity index (χ3v) is 3.63. The largest absolute Gasteiger partial charge is 0.316 e. The maximum absolute atomic E-state index is 11.9. The second-order valence-electron chi connectivity index (χ2n) is 5.15. The molecule has 1 N–H and O–H groups in total. The number of nitrogens with one attached hydrogen (secondary N) is 1. The van der Waals surface area contributed by atoms with Crippen molar-refractivity contribution in [1.29, 1.82) is 0 Å². The van der Waals surface area contributed by atoms with Gasteiger partial charge in [-0.1, -0.05) is 0 Å². The van der Waals surface area contributed by atoms with Gasteiger partial charge in [0.2, 0.25) is 0 Å². The molecule has 5 heteroatoms. The van der Waals surface area contributed by atoms with Crippen molar-refractivity contribution >= 4 is 0 Å². The summed E-state index contributed by atoms with van der Waals surface area (Å²) in [6.45, 7) is 4.66. The highest BCUT2D eigenvalue weighted by Gasteiger charge is 2.20. The van der Waals surface area contributed by atoms with Crippen molar-refractivity contribution < 1.29 is 0 Å². The predicted molar refractivity (Wildman–Crippen MR) is 64.9 cm³/mol. The molecule has 0 spiro atoms. The average Bonchev–Trinajstić information content (AvgIpc) is 2.23. The Morgan fingerprint density at radius 2 is 2.35 bits per heavy atom. The first-order valence-electron chi connectivity index (χ1n) is 6.21. The van der Waals surface area contributed by atoms with E-state index in [9.17, 15) is 4.79 Å². The van der Waals surface area contributed by atoms with E-state index in [1.807, 2.05) is 0 Å². The molecule has 0 saturated carbocycles. The first-order valence-corrected chi connectivity index (χ1v) is 6.21. The zero-order valence-corrected chi connectivity index (χ0v) is 10.1. The van der Waals surface area contributed by atoms with Gasteiger partial charge in [0, 0.05) is 44.6 Å². The predicted octanol–water partition coefficient (Wildman–Crippen LogP) is -0.549. The number of nitrogens with zero attached hydrogens (tertiary/aromatic N) is 3. The van der Waals surface area contributed by atoms with Crippen LogP contribution < -0.4 is 10.9 Å². The zero-order valence-electron chi connectivity index (χ0n) is 10.1. The standard InChI is InChI=1S/C12H18N4O/c1-15-3-2-11-10(8-15)4-12(17)16(14-11)7-9-5-13-6-9/h4,9,13H,2-3,5-8H2,1H3. The van der Waals surface area contributed by atoms with Crippen molar-refractivity contribution in [2.45, 2.75) is 19.5 Å². The van der Waals surface area contributed by atoms with Gasteiger partial charge < -0.3 is 10.2 Å². The Hall–Kier alpha value is -1.20. The molecule has 2 aliphatic rings. The molecule has 0 atom stereocenters. The lowest BCUT2D eigenvalue weighted by atomic mass is 10.0. The molecule has 0 amide bonds. The SMILES string of the molecule is CN1CCc2nn(CC3CNC3)c(=O)cc2C1. The van der Waals surface area contributed by atoms with E-state index in [2.05, 4.69) is 22.4 Å². The summed E-state index contributed by atoms with van der Waals surface area (Å²) in [5.41, 5.74) is 2.26. The van der Waals surface area contributed by atoms with E-state index < -0.39 is 0 Å². The van der Waals surface area contributed by atoms with Gasteiger partial charge in [-0.2, -0.15) is 5.10 Å². The highest BCUT2D eigenvalue weighted by atomic mass is 16.1. The minimum absolute atomic E-state index is 0.0472. The molecule has 0 aromatic carbocycles. The average molecular weight is 234 g/mol. The van der Waals surface area contributed by atoms with Crippen molar-refractivity contribution in [1.82, 2.24) is 20.0 Å². The number of hydrogen-bond acceptors (Lipinski definition) is 4. The van der Waals surface area contributed by atoms with E-state index in [1.165, 1.54) is 0 Å². The maximum atomic E-state index is 11.9. The van der Waals surface area contributed by atoms with E-state index in [-0.39, 0.29) is 5.56 Å². The molecule has 5 nitrogen and oxygen atoms in total. The van der Waals surface area contributed by atoms with Gasteiger partial charge in [0.25, 0.3) is 5.56 Å². The molecule has 17 heavy (non-hydrogen) atoms. The van der Waals surface area contributed by atoms with Gasteiger partial charge in [-0.15, -0.1) is 0 Å². The smallest absolute Gasteiger partial charge is 0.267 e. The van der Waals surface area contributed by atoms with Crippen LogP contribution in [0.15, 0.2) is 10.9 Å². The second kappa shape index (κ2) is 4.23. The first-order chi connectivity index (χ1) is 8.22. The van der Waals surface area contributed by atoms with Crippen molar-refractivity contribution in [3.63, 3.8) is 0 Å². The van der Waals surface area contributed by atoms with Crippen LogP contribution in [0.4, 0.5) is 0 Å². The van der Waals surface area contributed by atoms with Crippen LogP contribution in [0.1, 0.15) is 11.3 Å². The van der Waals surface area contributed by atoms with Crippen LogP contribution in [0.25, 0.3) is 0 Å². The van der Waals surface area contributed by atoms with Crippen LogP contribution in [0.3, 0.4) is 0 Å². The Morgan fingerprint density at radius 3 is 3.06 bits per heavy atom. The Kier molecular flexibility index (Phi) is 2.72. The van der Waals surface area contributed by atoms with Crippen LogP contribution >= 0.6 is 0 Å². The van der Waals surface area contributed by atoms with E-state index in [0.717, 1.165) is 50.4 Å². The Balaban J connectivity index is 1.87. The van der Waals surface area contributed by atoms with E-state index in [1.54, 1.807) is 10.7 Å². The molecule has 1 aromatic rings. The summed E-state index contributed by atoms with van der Waals surface area (Å²) in [7, 11) is 2.08. The lowest BCUT2D eigenvalue weighted by Crippen LogP contribution is -2.46. The van der Waals surface area contributed by atoms with Gasteiger partial charge in [0.15, 0.2) is 0 Å². The summed E-state index contributed by atoms with van der Waals surface area (Å²) < 4.78 is 1.65. The van der Waals surface area contributed by atoms with Crippen molar-refractivity contribution in [2.24, 2.45) is 5.92 Å². The molecule has 0 unspecified atom stereocenters. The quantitative estimate of drug-likeness (QED) is 0.746. The minimum atomic E-state index is 0.0472. The summed E-state index contributed by atoms with van der Waals surface area (Å²) in [4.78, 5) is 14.2. The van der Waals surface area contributed by atoms with Gasteiger partial charge in [0.05, 0.1) is 12.2 Å². The summed E-state index contributed by atoms with van der Waals surface area (Å²) in [5, 5.41) is 7.74. The van der Waals surface area contributed by atoms with Crippen LogP contribution in [0.2, 0.25) is 0 Å². The number of fused-ring (bicyclic) bond motifs is 1. The normalized spacial score (nSPS) is 21.0. The van der Waals surface area contributed by atoms with Gasteiger partial charge in [-0.3, -0.25) is 4.79 Å². The minimum Gasteiger partial charge on any atom is -0.316 e. The summed E-state index contributed by atoms with van der Waals surface area (Å²) in [6.07, 6.45) is 0.953. The molecule has 1 fully saturated rings. The Morgan fingerprint density at radius 1 is 1.53 bits per heavy atom. The van der Waals surface area contributed by atoms with Crippen molar-refractivity contribution in [3.05, 3.63) is 27.7 Å². The van der Waals surface area contributed by atoms with Gasteiger partial charge >= 0.3 is 0 Å². The summed E-state index contributed by atoms with van der Waals surface area (Å²) >= 11 is 0. The lowest BCUT2D eigenvalue weighted by molar-refractivity contribution is 0.279. The van der Waals surface area contributed by atoms with E-state index in [4.69, 9.17) is 0 Å². The van der Waals surface area contributed by atoms with Crippen LogP contribution in [0.5, 0.6) is 0 Å². The third-order valence-electron chi connectivity index (χ3n) is 3.63. The molecule has 3 rings (SSSR count). The fraction of sp³-hybridized carbons (Fsp3) is 0.667. The monoisotopic (exact) mass is 234 g/mol. The fourth-order valence-electron chi connectivity index (χ4n) is 2.43. The summed E-state index contributed by atoms with van der Waals surface area (Å²) in [5.74, 6) is 0.574. The molecule has 3 heterocycles. The molecule has 92 valence electrons. The van der Waals surface area contributed by atoms with Crippen molar-refractivity contribution in [3.8, 4) is 0 Å². The molecule has 0 bridgehead atoms. The van der Waals surface area contributed by atoms with Crippen LogP contribution in [-0.2, 0) is 19.5 Å². The highest BCUT2D eigenvalue weighted by Crippen LogP contribution is 2.13. The van der Waals surface area contributed by atoms with Gasteiger partial charge in [-0.05, 0) is 12.6 Å². The molecular formula is C12H18N4O. The van der Waals surface area contributed by atoms with Crippen molar-refractivity contribution in [2.75, 3.05) is 26.7 Å². The van der Waals surface area contributed by atoms with Gasteiger partial charge in [-0.25, -0.2) is 4.68 Å². The van der Waals surface area contributed by atoms with Gasteiger partial charge in [0.1, 0.15) is 0 Å². The second-order valence-corrected chi connectivity index (χ2v) is 5.15. The molecule has 1 aromatic heterocycles. The molecule has 0 radical (unpaired) electrons. The molecule has 0 aliphatic carbocycles. The zero-order chi connectivity index (χ0) is 11.8. The number of hydrogen-bond donors (Lipinski definition) is 1. The number of likely N-dealkylation sites (N-methyl/N-ethyl adjacent to an activating group) is 1. The maximum Gasteiger partial charge on any atom is 0.267 e. The molecule has 2 aliphatic heterocycles. The Bertz CT molecular complexity index is 478. The molecule has 1 saturated heterocycles. The number of rotatable bonds is 2. The topological polar surface area (TPSA) is 50.2 Å². The molecular weight excluding hydrogens is 216 g/mol. The Labute approximate surface area is 100 Å². The number of aromatic nitrogens is 2. The van der Waals surface area contributed by atoms with E-state index in [0.29, 0.717) is 5.92 Å². The lowest BCUT2D eigenvalue weighted by Gasteiger charge is -2.28.